The van der Waals surface area contributed by atoms with Gasteiger partial charge in [0, 0.05) is 24.5 Å². The molecule has 0 atom stereocenters. The molecule has 1 heterocycles. The van der Waals surface area contributed by atoms with Crippen LogP contribution in [-0.2, 0) is 19.6 Å². The van der Waals surface area contributed by atoms with E-state index < -0.39 is 0 Å². The van der Waals surface area contributed by atoms with Crippen molar-refractivity contribution in [2.75, 3.05) is 17.2 Å². The Bertz CT molecular complexity index is 595. The highest BCUT2D eigenvalue weighted by molar-refractivity contribution is 5.60. The summed E-state index contributed by atoms with van der Waals surface area (Å²) in [7, 11) is 0. The summed E-state index contributed by atoms with van der Waals surface area (Å²) in [5.74, 6) is 0. The standard InChI is InChI=1S/C17H20N2O/c20-12-13-4-1-8-16(10-13)19-11-15-6-2-5-14-7-3-9-18-17(14)15/h1-2,4-6,8,10,18-20H,3,7,9,11-12H2. The summed E-state index contributed by atoms with van der Waals surface area (Å²) in [5.41, 5.74) is 5.99. The average Bonchev–Trinajstić information content (AvgIpc) is 2.53. The van der Waals surface area contributed by atoms with E-state index in [1.54, 1.807) is 0 Å². The summed E-state index contributed by atoms with van der Waals surface area (Å²) < 4.78 is 0. The molecular weight excluding hydrogens is 248 g/mol. The normalized spacial score (nSPS) is 13.4. The van der Waals surface area contributed by atoms with E-state index in [-0.39, 0.29) is 6.61 Å². The molecule has 104 valence electrons. The number of hydrogen-bond acceptors (Lipinski definition) is 3. The van der Waals surface area contributed by atoms with Crippen molar-refractivity contribution in [2.24, 2.45) is 0 Å². The second-order valence-electron chi connectivity index (χ2n) is 5.19. The van der Waals surface area contributed by atoms with E-state index in [9.17, 15) is 0 Å². The Hall–Kier alpha value is -2.00. The minimum Gasteiger partial charge on any atom is -0.392 e. The van der Waals surface area contributed by atoms with E-state index >= 15 is 0 Å². The number of nitrogens with one attached hydrogen (secondary N) is 2. The first-order chi connectivity index (χ1) is 9.86. The fourth-order valence-corrected chi connectivity index (χ4v) is 2.71. The minimum absolute atomic E-state index is 0.0812. The van der Waals surface area contributed by atoms with Crippen LogP contribution < -0.4 is 10.6 Å². The molecule has 0 saturated carbocycles. The van der Waals surface area contributed by atoms with Gasteiger partial charge in [-0.25, -0.2) is 0 Å². The van der Waals surface area contributed by atoms with Gasteiger partial charge in [0.25, 0.3) is 0 Å². The molecule has 1 aliphatic heterocycles. The topological polar surface area (TPSA) is 44.3 Å². The first-order valence-corrected chi connectivity index (χ1v) is 7.15. The van der Waals surface area contributed by atoms with Crippen LogP contribution in [0.2, 0.25) is 0 Å². The highest BCUT2D eigenvalue weighted by Gasteiger charge is 2.11. The van der Waals surface area contributed by atoms with Gasteiger partial charge in [0.1, 0.15) is 0 Å². The summed E-state index contributed by atoms with van der Waals surface area (Å²) in [6, 6.07) is 14.4. The van der Waals surface area contributed by atoms with Gasteiger partial charge in [-0.15, -0.1) is 0 Å². The summed E-state index contributed by atoms with van der Waals surface area (Å²) in [4.78, 5) is 0. The van der Waals surface area contributed by atoms with Crippen LogP contribution >= 0.6 is 0 Å². The zero-order valence-corrected chi connectivity index (χ0v) is 11.5. The average molecular weight is 268 g/mol. The largest absolute Gasteiger partial charge is 0.392 e. The second kappa shape index (κ2) is 5.97. The molecule has 20 heavy (non-hydrogen) atoms. The molecule has 0 spiro atoms. The van der Waals surface area contributed by atoms with Crippen LogP contribution in [0.15, 0.2) is 42.5 Å². The number of rotatable bonds is 4. The predicted octanol–water partition coefficient (Wildman–Crippen LogP) is 3.15. The Labute approximate surface area is 119 Å². The van der Waals surface area contributed by atoms with Gasteiger partial charge in [-0.05, 0) is 41.7 Å². The van der Waals surface area contributed by atoms with E-state index in [0.717, 1.165) is 30.8 Å². The molecule has 3 nitrogen and oxygen atoms in total. The van der Waals surface area contributed by atoms with Crippen LogP contribution in [0.4, 0.5) is 11.4 Å². The van der Waals surface area contributed by atoms with Gasteiger partial charge in [-0.3, -0.25) is 0 Å². The maximum absolute atomic E-state index is 9.17. The first kappa shape index (κ1) is 13.0. The van der Waals surface area contributed by atoms with Crippen molar-refractivity contribution in [1.29, 1.82) is 0 Å². The molecule has 0 radical (unpaired) electrons. The SMILES string of the molecule is OCc1cccc(NCc2cccc3c2NCCC3)c1. The van der Waals surface area contributed by atoms with Crippen molar-refractivity contribution in [3.63, 3.8) is 0 Å². The molecule has 1 aliphatic rings. The lowest BCUT2D eigenvalue weighted by Gasteiger charge is -2.21. The van der Waals surface area contributed by atoms with Gasteiger partial charge in [0.15, 0.2) is 0 Å². The Morgan fingerprint density at radius 2 is 2.05 bits per heavy atom. The number of aliphatic hydroxyl groups is 1. The molecular formula is C17H20N2O. The summed E-state index contributed by atoms with van der Waals surface area (Å²) in [6.07, 6.45) is 2.37. The van der Waals surface area contributed by atoms with Crippen molar-refractivity contribution in [3.8, 4) is 0 Å². The fourth-order valence-electron chi connectivity index (χ4n) is 2.71. The molecule has 0 bridgehead atoms. The number of aliphatic hydroxyl groups excluding tert-OH is 1. The molecule has 3 N–H and O–H groups in total. The highest BCUT2D eigenvalue weighted by Crippen LogP contribution is 2.26. The summed E-state index contributed by atoms with van der Waals surface area (Å²) in [5, 5.41) is 16.1. The van der Waals surface area contributed by atoms with E-state index in [1.165, 1.54) is 23.2 Å². The van der Waals surface area contributed by atoms with Crippen LogP contribution in [0.5, 0.6) is 0 Å². The van der Waals surface area contributed by atoms with Gasteiger partial charge in [0.05, 0.1) is 6.61 Å². The van der Waals surface area contributed by atoms with Gasteiger partial charge < -0.3 is 15.7 Å². The molecule has 2 aromatic carbocycles. The number of benzene rings is 2. The van der Waals surface area contributed by atoms with Gasteiger partial charge >= 0.3 is 0 Å². The highest BCUT2D eigenvalue weighted by atomic mass is 16.3. The third-order valence-corrected chi connectivity index (χ3v) is 3.75. The molecule has 0 amide bonds. The number of fused-ring (bicyclic) bond motifs is 1. The minimum atomic E-state index is 0.0812. The first-order valence-electron chi connectivity index (χ1n) is 7.15. The molecule has 0 fully saturated rings. The molecule has 0 aromatic heterocycles. The Balaban J connectivity index is 1.75. The Morgan fingerprint density at radius 3 is 2.95 bits per heavy atom. The van der Waals surface area contributed by atoms with Crippen molar-refractivity contribution in [1.82, 2.24) is 0 Å². The predicted molar refractivity (Wildman–Crippen MR) is 82.9 cm³/mol. The lowest BCUT2D eigenvalue weighted by molar-refractivity contribution is 0.282. The van der Waals surface area contributed by atoms with Gasteiger partial charge in [-0.1, -0.05) is 30.3 Å². The maximum atomic E-state index is 9.17. The van der Waals surface area contributed by atoms with Crippen LogP contribution in [0, 0.1) is 0 Å². The third-order valence-electron chi connectivity index (χ3n) is 3.75. The Kier molecular flexibility index (Phi) is 3.88. The zero-order chi connectivity index (χ0) is 13.8. The quantitative estimate of drug-likeness (QED) is 0.798. The number of anilines is 2. The number of aryl methyl sites for hydroxylation is 1. The third kappa shape index (κ3) is 2.78. The molecule has 3 heteroatoms. The van der Waals surface area contributed by atoms with Crippen LogP contribution in [0.1, 0.15) is 23.1 Å². The van der Waals surface area contributed by atoms with E-state index in [4.69, 9.17) is 5.11 Å². The van der Waals surface area contributed by atoms with Crippen molar-refractivity contribution < 1.29 is 5.11 Å². The van der Waals surface area contributed by atoms with Crippen molar-refractivity contribution in [2.45, 2.75) is 26.0 Å². The lowest BCUT2D eigenvalue weighted by atomic mass is 9.99. The zero-order valence-electron chi connectivity index (χ0n) is 11.5. The van der Waals surface area contributed by atoms with Crippen LogP contribution in [-0.4, -0.2) is 11.7 Å². The van der Waals surface area contributed by atoms with E-state index in [1.807, 2.05) is 24.3 Å². The number of hydrogen-bond donors (Lipinski definition) is 3. The Morgan fingerprint density at radius 1 is 1.15 bits per heavy atom. The van der Waals surface area contributed by atoms with Gasteiger partial charge in [0.2, 0.25) is 0 Å². The van der Waals surface area contributed by atoms with Gasteiger partial charge in [-0.2, -0.15) is 0 Å². The van der Waals surface area contributed by atoms with E-state index in [2.05, 4.69) is 28.8 Å². The fraction of sp³-hybridized carbons (Fsp3) is 0.294. The smallest absolute Gasteiger partial charge is 0.0682 e. The molecule has 0 aliphatic carbocycles. The molecule has 0 unspecified atom stereocenters. The van der Waals surface area contributed by atoms with Crippen molar-refractivity contribution >= 4 is 11.4 Å². The second-order valence-corrected chi connectivity index (χ2v) is 5.19. The molecule has 3 rings (SSSR count). The van der Waals surface area contributed by atoms with E-state index in [0.29, 0.717) is 0 Å². The number of para-hydroxylation sites is 1. The lowest BCUT2D eigenvalue weighted by Crippen LogP contribution is -2.15. The summed E-state index contributed by atoms with van der Waals surface area (Å²) in [6.45, 7) is 1.94. The molecule has 0 saturated heterocycles. The summed E-state index contributed by atoms with van der Waals surface area (Å²) >= 11 is 0. The van der Waals surface area contributed by atoms with Crippen LogP contribution in [0.25, 0.3) is 0 Å². The monoisotopic (exact) mass is 268 g/mol. The maximum Gasteiger partial charge on any atom is 0.0682 e. The molecule has 2 aromatic rings. The van der Waals surface area contributed by atoms with Crippen LogP contribution in [0.3, 0.4) is 0 Å². The van der Waals surface area contributed by atoms with Crippen molar-refractivity contribution in [3.05, 3.63) is 59.2 Å².